The maximum absolute atomic E-state index is 9.30. The fraction of sp³-hybridized carbons (Fsp3) is 0.333. The SMILES string of the molecule is Cc1cc(C(C)O)c(N)cc1Cl. The molecule has 0 aliphatic heterocycles. The normalized spacial score (nSPS) is 13.0. The third-order valence-electron chi connectivity index (χ3n) is 1.81. The molecule has 0 bridgehead atoms. The van der Waals surface area contributed by atoms with Crippen LogP contribution in [0.2, 0.25) is 5.02 Å². The lowest BCUT2D eigenvalue weighted by Crippen LogP contribution is -1.99. The van der Waals surface area contributed by atoms with Crippen LogP contribution in [0.4, 0.5) is 5.69 Å². The molecule has 66 valence electrons. The molecule has 1 aromatic rings. The van der Waals surface area contributed by atoms with E-state index in [-0.39, 0.29) is 0 Å². The molecule has 1 atom stereocenters. The van der Waals surface area contributed by atoms with Gasteiger partial charge in [0.2, 0.25) is 0 Å². The predicted molar refractivity (Wildman–Crippen MR) is 51.2 cm³/mol. The molecule has 0 saturated carbocycles. The predicted octanol–water partition coefficient (Wildman–Crippen LogP) is 2.28. The molecule has 3 heteroatoms. The van der Waals surface area contributed by atoms with Gasteiger partial charge in [0.1, 0.15) is 0 Å². The van der Waals surface area contributed by atoms with Crippen molar-refractivity contribution < 1.29 is 5.11 Å². The standard InChI is InChI=1S/C9H12ClNO/c1-5-3-7(6(2)12)9(11)4-8(5)10/h3-4,6,12H,11H2,1-2H3. The van der Waals surface area contributed by atoms with Gasteiger partial charge in [-0.15, -0.1) is 0 Å². The Morgan fingerprint density at radius 3 is 2.58 bits per heavy atom. The van der Waals surface area contributed by atoms with Gasteiger partial charge in [-0.1, -0.05) is 11.6 Å². The third kappa shape index (κ3) is 1.71. The van der Waals surface area contributed by atoms with E-state index in [1.807, 2.05) is 13.0 Å². The van der Waals surface area contributed by atoms with Crippen LogP contribution >= 0.6 is 11.6 Å². The summed E-state index contributed by atoms with van der Waals surface area (Å²) in [5.74, 6) is 0. The number of aryl methyl sites for hydroxylation is 1. The van der Waals surface area contributed by atoms with Crippen LogP contribution < -0.4 is 5.73 Å². The maximum atomic E-state index is 9.30. The number of aliphatic hydroxyl groups excluding tert-OH is 1. The Morgan fingerprint density at radius 2 is 2.08 bits per heavy atom. The zero-order valence-corrected chi connectivity index (χ0v) is 7.89. The summed E-state index contributed by atoms with van der Waals surface area (Å²) < 4.78 is 0. The maximum Gasteiger partial charge on any atom is 0.0781 e. The molecule has 12 heavy (non-hydrogen) atoms. The van der Waals surface area contributed by atoms with Crippen LogP contribution in [0.5, 0.6) is 0 Å². The fourth-order valence-corrected chi connectivity index (χ4v) is 1.25. The van der Waals surface area contributed by atoms with Gasteiger partial charge in [-0.05, 0) is 31.5 Å². The molecule has 0 fully saturated rings. The number of aliphatic hydroxyl groups is 1. The van der Waals surface area contributed by atoms with Gasteiger partial charge in [0.25, 0.3) is 0 Å². The van der Waals surface area contributed by atoms with Gasteiger partial charge in [0, 0.05) is 16.3 Å². The van der Waals surface area contributed by atoms with Crippen LogP contribution in [0.15, 0.2) is 12.1 Å². The van der Waals surface area contributed by atoms with E-state index in [0.29, 0.717) is 10.7 Å². The van der Waals surface area contributed by atoms with Crippen molar-refractivity contribution in [2.75, 3.05) is 5.73 Å². The van der Waals surface area contributed by atoms with Gasteiger partial charge >= 0.3 is 0 Å². The van der Waals surface area contributed by atoms with Crippen molar-refractivity contribution in [3.8, 4) is 0 Å². The van der Waals surface area contributed by atoms with E-state index < -0.39 is 6.10 Å². The average Bonchev–Trinajstić information content (AvgIpc) is 1.96. The van der Waals surface area contributed by atoms with E-state index in [9.17, 15) is 5.11 Å². The molecule has 3 N–H and O–H groups in total. The molecule has 0 spiro atoms. The number of benzene rings is 1. The van der Waals surface area contributed by atoms with Gasteiger partial charge in [0.15, 0.2) is 0 Å². The van der Waals surface area contributed by atoms with Crippen LogP contribution in [0.1, 0.15) is 24.2 Å². The van der Waals surface area contributed by atoms with Crippen molar-refractivity contribution in [2.24, 2.45) is 0 Å². The Bertz CT molecular complexity index is 297. The van der Waals surface area contributed by atoms with Gasteiger partial charge in [-0.3, -0.25) is 0 Å². The largest absolute Gasteiger partial charge is 0.398 e. The number of nitrogens with two attached hydrogens (primary N) is 1. The average molecular weight is 186 g/mol. The monoisotopic (exact) mass is 185 g/mol. The summed E-state index contributed by atoms with van der Waals surface area (Å²) in [6, 6.07) is 3.47. The van der Waals surface area contributed by atoms with Crippen LogP contribution in [0.3, 0.4) is 0 Å². The molecular formula is C9H12ClNO. The summed E-state index contributed by atoms with van der Waals surface area (Å²) >= 11 is 5.83. The first-order valence-corrected chi connectivity index (χ1v) is 4.13. The van der Waals surface area contributed by atoms with E-state index in [2.05, 4.69) is 0 Å². The highest BCUT2D eigenvalue weighted by molar-refractivity contribution is 6.31. The topological polar surface area (TPSA) is 46.2 Å². The van der Waals surface area contributed by atoms with Gasteiger partial charge in [-0.25, -0.2) is 0 Å². The highest BCUT2D eigenvalue weighted by Crippen LogP contribution is 2.26. The number of anilines is 1. The number of hydrogen-bond donors (Lipinski definition) is 2. The summed E-state index contributed by atoms with van der Waals surface area (Å²) in [7, 11) is 0. The Hall–Kier alpha value is -0.730. The molecule has 0 aromatic heterocycles. The quantitative estimate of drug-likeness (QED) is 0.660. The van der Waals surface area contributed by atoms with E-state index in [4.69, 9.17) is 17.3 Å². The lowest BCUT2D eigenvalue weighted by Gasteiger charge is -2.10. The lowest BCUT2D eigenvalue weighted by molar-refractivity contribution is 0.200. The van der Waals surface area contributed by atoms with E-state index in [1.54, 1.807) is 13.0 Å². The minimum Gasteiger partial charge on any atom is -0.398 e. The minimum atomic E-state index is -0.541. The summed E-state index contributed by atoms with van der Waals surface area (Å²) in [6.45, 7) is 3.56. The van der Waals surface area contributed by atoms with E-state index in [0.717, 1.165) is 11.1 Å². The molecule has 0 heterocycles. The molecular weight excluding hydrogens is 174 g/mol. The van der Waals surface area contributed by atoms with Crippen molar-refractivity contribution in [3.63, 3.8) is 0 Å². The van der Waals surface area contributed by atoms with Crippen molar-refractivity contribution >= 4 is 17.3 Å². The second kappa shape index (κ2) is 3.33. The van der Waals surface area contributed by atoms with Crippen molar-refractivity contribution in [1.29, 1.82) is 0 Å². The van der Waals surface area contributed by atoms with Crippen LogP contribution in [0, 0.1) is 6.92 Å². The van der Waals surface area contributed by atoms with Crippen molar-refractivity contribution in [3.05, 3.63) is 28.3 Å². The highest BCUT2D eigenvalue weighted by atomic mass is 35.5. The van der Waals surface area contributed by atoms with Crippen molar-refractivity contribution in [1.82, 2.24) is 0 Å². The molecule has 0 aliphatic rings. The van der Waals surface area contributed by atoms with E-state index in [1.165, 1.54) is 0 Å². The minimum absolute atomic E-state index is 0.541. The van der Waals surface area contributed by atoms with Crippen molar-refractivity contribution in [2.45, 2.75) is 20.0 Å². The first kappa shape index (κ1) is 9.36. The van der Waals surface area contributed by atoms with Crippen LogP contribution in [-0.4, -0.2) is 5.11 Å². The number of rotatable bonds is 1. The lowest BCUT2D eigenvalue weighted by atomic mass is 10.1. The summed E-state index contributed by atoms with van der Waals surface area (Å²) in [5, 5.41) is 9.93. The zero-order chi connectivity index (χ0) is 9.30. The van der Waals surface area contributed by atoms with E-state index >= 15 is 0 Å². The Morgan fingerprint density at radius 1 is 1.50 bits per heavy atom. The molecule has 0 saturated heterocycles. The zero-order valence-electron chi connectivity index (χ0n) is 7.13. The fourth-order valence-electron chi connectivity index (χ4n) is 1.08. The summed E-state index contributed by atoms with van der Waals surface area (Å²) in [5.41, 5.74) is 7.85. The molecule has 0 aliphatic carbocycles. The number of nitrogen functional groups attached to an aromatic ring is 1. The first-order valence-electron chi connectivity index (χ1n) is 3.76. The second-order valence-corrected chi connectivity index (χ2v) is 3.31. The van der Waals surface area contributed by atoms with Gasteiger partial charge in [0.05, 0.1) is 6.10 Å². The Labute approximate surface area is 77.0 Å². The Balaban J connectivity index is 3.23. The number of hydrogen-bond acceptors (Lipinski definition) is 2. The first-order chi connectivity index (χ1) is 5.52. The van der Waals surface area contributed by atoms with Crippen LogP contribution in [0.25, 0.3) is 0 Å². The van der Waals surface area contributed by atoms with Gasteiger partial charge < -0.3 is 10.8 Å². The Kier molecular flexibility index (Phi) is 2.60. The molecule has 1 aromatic carbocycles. The second-order valence-electron chi connectivity index (χ2n) is 2.91. The molecule has 0 amide bonds. The molecule has 2 nitrogen and oxygen atoms in total. The molecule has 0 radical (unpaired) electrons. The summed E-state index contributed by atoms with van der Waals surface area (Å²) in [4.78, 5) is 0. The van der Waals surface area contributed by atoms with Crippen LogP contribution in [-0.2, 0) is 0 Å². The smallest absolute Gasteiger partial charge is 0.0781 e. The highest BCUT2D eigenvalue weighted by Gasteiger charge is 2.07. The van der Waals surface area contributed by atoms with Gasteiger partial charge in [-0.2, -0.15) is 0 Å². The summed E-state index contributed by atoms with van der Waals surface area (Å²) in [6.07, 6.45) is -0.541. The number of halogens is 1. The molecule has 1 rings (SSSR count). The molecule has 1 unspecified atom stereocenters. The third-order valence-corrected chi connectivity index (χ3v) is 2.22.